The molecule has 0 saturated carbocycles. The van der Waals surface area contributed by atoms with Gasteiger partial charge in [0, 0.05) is 20.3 Å². The zero-order valence-corrected chi connectivity index (χ0v) is 12.1. The molecule has 1 aliphatic rings. The Hall–Kier alpha value is -0.610. The molecular weight excluding hydrogens is 228 g/mol. The number of hydrogen-bond acceptors (Lipinski definition) is 3. The Labute approximate surface area is 111 Å². The van der Waals surface area contributed by atoms with E-state index in [1.165, 1.54) is 0 Å². The Bertz CT molecular complexity index is 246. The molecule has 1 saturated heterocycles. The molecule has 2 unspecified atom stereocenters. The van der Waals surface area contributed by atoms with Crippen molar-refractivity contribution in [1.29, 1.82) is 0 Å². The lowest BCUT2D eigenvalue weighted by Gasteiger charge is -2.22. The smallest absolute Gasteiger partial charge is 0.241 e. The van der Waals surface area contributed by atoms with Crippen molar-refractivity contribution in [3.8, 4) is 0 Å². The van der Waals surface area contributed by atoms with Gasteiger partial charge in [-0.05, 0) is 32.1 Å². The molecule has 1 amide bonds. The summed E-state index contributed by atoms with van der Waals surface area (Å²) in [6, 6.07) is 0.0546. The number of nitrogens with zero attached hydrogens (tertiary/aromatic N) is 1. The fraction of sp³-hybridized carbons (Fsp3) is 0.929. The predicted octanol–water partition coefficient (Wildman–Crippen LogP) is 2.14. The van der Waals surface area contributed by atoms with Gasteiger partial charge >= 0.3 is 0 Å². The predicted molar refractivity (Wildman–Crippen MR) is 73.4 cm³/mol. The Balaban J connectivity index is 2.34. The zero-order valence-electron chi connectivity index (χ0n) is 12.1. The molecule has 1 aliphatic heterocycles. The average molecular weight is 256 g/mol. The fourth-order valence-corrected chi connectivity index (χ4v) is 2.55. The van der Waals surface area contributed by atoms with Crippen molar-refractivity contribution in [3.63, 3.8) is 0 Å². The molecule has 0 aromatic carbocycles. The van der Waals surface area contributed by atoms with E-state index in [9.17, 15) is 4.79 Å². The maximum atomic E-state index is 12.2. The van der Waals surface area contributed by atoms with E-state index in [2.05, 4.69) is 19.2 Å². The number of carbonyl (C=O) groups is 1. The number of unbranched alkanes of at least 4 members (excludes halogenated alkanes) is 2. The lowest BCUT2D eigenvalue weighted by Crippen LogP contribution is -2.37. The summed E-state index contributed by atoms with van der Waals surface area (Å²) in [6.45, 7) is 5.97. The first-order chi connectivity index (χ1) is 8.74. The lowest BCUT2D eigenvalue weighted by atomic mass is 10.1. The maximum Gasteiger partial charge on any atom is 0.241 e. The van der Waals surface area contributed by atoms with Crippen LogP contribution < -0.4 is 5.32 Å². The van der Waals surface area contributed by atoms with Crippen molar-refractivity contribution in [1.82, 2.24) is 10.2 Å². The average Bonchev–Trinajstić information content (AvgIpc) is 2.67. The molecule has 0 bridgehead atoms. The summed E-state index contributed by atoms with van der Waals surface area (Å²) >= 11 is 0. The maximum absolute atomic E-state index is 12.2. The normalized spacial score (nSPS) is 23.9. The van der Waals surface area contributed by atoms with Gasteiger partial charge in [0.25, 0.3) is 0 Å². The topological polar surface area (TPSA) is 41.6 Å². The number of carbonyl (C=O) groups excluding carboxylic acids is 1. The molecule has 0 aromatic rings. The van der Waals surface area contributed by atoms with Gasteiger partial charge in [-0.3, -0.25) is 10.1 Å². The SMILES string of the molecule is CCCC1NC(CC)N(CCCCCOC)C1=O. The third kappa shape index (κ3) is 4.25. The summed E-state index contributed by atoms with van der Waals surface area (Å²) in [5.74, 6) is 0.301. The van der Waals surface area contributed by atoms with Crippen LogP contribution in [0.3, 0.4) is 0 Å². The minimum Gasteiger partial charge on any atom is -0.385 e. The molecule has 2 atom stereocenters. The number of hydrogen-bond donors (Lipinski definition) is 1. The first-order valence-electron chi connectivity index (χ1n) is 7.30. The van der Waals surface area contributed by atoms with Crippen LogP contribution in [0.1, 0.15) is 52.4 Å². The third-order valence-corrected chi connectivity index (χ3v) is 3.56. The highest BCUT2D eigenvalue weighted by Gasteiger charge is 2.36. The number of nitrogens with one attached hydrogen (secondary N) is 1. The van der Waals surface area contributed by atoms with Crippen molar-refractivity contribution in [2.75, 3.05) is 20.3 Å². The summed E-state index contributed by atoms with van der Waals surface area (Å²) < 4.78 is 5.03. The minimum absolute atomic E-state index is 0.0546. The van der Waals surface area contributed by atoms with Crippen LogP contribution in [-0.2, 0) is 9.53 Å². The van der Waals surface area contributed by atoms with Crippen LogP contribution in [0.25, 0.3) is 0 Å². The van der Waals surface area contributed by atoms with Gasteiger partial charge in [0.15, 0.2) is 0 Å². The number of methoxy groups -OCH3 is 1. The van der Waals surface area contributed by atoms with E-state index in [0.717, 1.165) is 51.7 Å². The molecule has 0 aromatic heterocycles. The number of amides is 1. The van der Waals surface area contributed by atoms with Gasteiger partial charge in [0.2, 0.25) is 5.91 Å². The van der Waals surface area contributed by atoms with Crippen LogP contribution in [0.2, 0.25) is 0 Å². The van der Waals surface area contributed by atoms with E-state index in [-0.39, 0.29) is 12.2 Å². The van der Waals surface area contributed by atoms with Gasteiger partial charge in [0.05, 0.1) is 12.2 Å². The zero-order chi connectivity index (χ0) is 13.4. The van der Waals surface area contributed by atoms with E-state index >= 15 is 0 Å². The first-order valence-corrected chi connectivity index (χ1v) is 7.30. The third-order valence-electron chi connectivity index (χ3n) is 3.56. The second-order valence-corrected chi connectivity index (χ2v) is 5.02. The summed E-state index contributed by atoms with van der Waals surface area (Å²) in [5, 5.41) is 3.45. The van der Waals surface area contributed by atoms with Crippen LogP contribution in [0, 0.1) is 0 Å². The van der Waals surface area contributed by atoms with Gasteiger partial charge < -0.3 is 9.64 Å². The van der Waals surface area contributed by atoms with Crippen molar-refractivity contribution in [2.45, 2.75) is 64.6 Å². The Morgan fingerprint density at radius 1 is 1.28 bits per heavy atom. The molecule has 18 heavy (non-hydrogen) atoms. The van der Waals surface area contributed by atoms with E-state index < -0.39 is 0 Å². The molecular formula is C14H28N2O2. The van der Waals surface area contributed by atoms with Crippen LogP contribution in [0.5, 0.6) is 0 Å². The molecule has 1 rings (SSSR count). The van der Waals surface area contributed by atoms with Gasteiger partial charge in [-0.25, -0.2) is 0 Å². The summed E-state index contributed by atoms with van der Waals surface area (Å²) in [7, 11) is 1.73. The molecule has 106 valence electrons. The second-order valence-electron chi connectivity index (χ2n) is 5.02. The quantitative estimate of drug-likeness (QED) is 0.643. The molecule has 1 fully saturated rings. The Morgan fingerprint density at radius 2 is 2.06 bits per heavy atom. The van der Waals surface area contributed by atoms with Crippen LogP contribution in [0.4, 0.5) is 0 Å². The Morgan fingerprint density at radius 3 is 2.67 bits per heavy atom. The van der Waals surface area contributed by atoms with Crippen LogP contribution in [0.15, 0.2) is 0 Å². The fourth-order valence-electron chi connectivity index (χ4n) is 2.55. The number of ether oxygens (including phenoxy) is 1. The molecule has 0 spiro atoms. The van der Waals surface area contributed by atoms with Crippen molar-refractivity contribution < 1.29 is 9.53 Å². The summed E-state index contributed by atoms with van der Waals surface area (Å²) in [5.41, 5.74) is 0. The van der Waals surface area contributed by atoms with Gasteiger partial charge in [-0.2, -0.15) is 0 Å². The minimum atomic E-state index is 0.0546. The van der Waals surface area contributed by atoms with Crippen LogP contribution in [-0.4, -0.2) is 43.3 Å². The van der Waals surface area contributed by atoms with Crippen LogP contribution >= 0.6 is 0 Å². The van der Waals surface area contributed by atoms with Gasteiger partial charge in [-0.1, -0.05) is 20.3 Å². The highest BCUT2D eigenvalue weighted by atomic mass is 16.5. The number of rotatable bonds is 9. The highest BCUT2D eigenvalue weighted by Crippen LogP contribution is 2.17. The molecule has 0 aliphatic carbocycles. The summed E-state index contributed by atoms with van der Waals surface area (Å²) in [6.07, 6.45) is 6.54. The Kier molecular flexibility index (Phi) is 7.28. The second kappa shape index (κ2) is 8.48. The van der Waals surface area contributed by atoms with E-state index in [1.54, 1.807) is 7.11 Å². The first kappa shape index (κ1) is 15.4. The highest BCUT2D eigenvalue weighted by molar-refractivity contribution is 5.84. The monoisotopic (exact) mass is 256 g/mol. The molecule has 4 heteroatoms. The van der Waals surface area contributed by atoms with Gasteiger partial charge in [-0.15, -0.1) is 0 Å². The standard InChI is InChI=1S/C14H28N2O2/c1-4-9-12-14(17)16(13(5-2)15-12)10-7-6-8-11-18-3/h12-13,15H,4-11H2,1-3H3. The molecule has 4 nitrogen and oxygen atoms in total. The van der Waals surface area contributed by atoms with Crippen molar-refractivity contribution >= 4 is 5.91 Å². The molecule has 1 N–H and O–H groups in total. The summed E-state index contributed by atoms with van der Waals surface area (Å²) in [4.78, 5) is 14.3. The van der Waals surface area contributed by atoms with Crippen molar-refractivity contribution in [3.05, 3.63) is 0 Å². The largest absolute Gasteiger partial charge is 0.385 e. The lowest BCUT2D eigenvalue weighted by molar-refractivity contribution is -0.130. The van der Waals surface area contributed by atoms with E-state index in [0.29, 0.717) is 5.91 Å². The van der Waals surface area contributed by atoms with Crippen molar-refractivity contribution in [2.24, 2.45) is 0 Å². The van der Waals surface area contributed by atoms with Gasteiger partial charge in [0.1, 0.15) is 0 Å². The molecule has 1 heterocycles. The van der Waals surface area contributed by atoms with E-state index in [1.807, 2.05) is 4.90 Å². The molecule has 0 radical (unpaired) electrons. The van der Waals surface area contributed by atoms with E-state index in [4.69, 9.17) is 4.74 Å².